The van der Waals surface area contributed by atoms with Gasteiger partial charge in [-0.25, -0.2) is 0 Å². The van der Waals surface area contributed by atoms with Crippen LogP contribution in [-0.2, 0) is 9.59 Å². The molecule has 4 atom stereocenters. The van der Waals surface area contributed by atoms with Gasteiger partial charge in [-0.2, -0.15) is 13.2 Å². The van der Waals surface area contributed by atoms with E-state index in [0.717, 1.165) is 4.90 Å². The topological polar surface area (TPSA) is 86.9 Å². The number of likely N-dealkylation sites (tertiary alicyclic amines) is 1. The van der Waals surface area contributed by atoms with Crippen molar-refractivity contribution in [2.24, 2.45) is 17.6 Å². The van der Waals surface area contributed by atoms with Crippen LogP contribution in [0.1, 0.15) is 40.5 Å². The van der Waals surface area contributed by atoms with Gasteiger partial charge in [0.25, 0.3) is 0 Å². The number of rotatable bonds is 7. The van der Waals surface area contributed by atoms with E-state index in [1.54, 1.807) is 13.8 Å². The maximum absolute atomic E-state index is 13.0. The summed E-state index contributed by atoms with van der Waals surface area (Å²) >= 11 is 0. The minimum Gasteiger partial charge on any atom is -0.382 e. The Labute approximate surface area is 146 Å². The summed E-state index contributed by atoms with van der Waals surface area (Å²) in [5.41, 5.74) is 5.88. The highest BCUT2D eigenvalue weighted by molar-refractivity contribution is 5.82. The minimum absolute atomic E-state index is 0.139. The van der Waals surface area contributed by atoms with Crippen molar-refractivity contribution in [3.8, 4) is 0 Å². The smallest absolute Gasteiger partial charge is 0.382 e. The molecule has 25 heavy (non-hydrogen) atoms. The third kappa shape index (κ3) is 4.84. The molecule has 0 aliphatic carbocycles. The summed E-state index contributed by atoms with van der Waals surface area (Å²) in [5, 5.41) is 9.75. The number of aliphatic hydroxyl groups excluding tert-OH is 1. The highest BCUT2D eigenvalue weighted by Crippen LogP contribution is 2.32. The third-order valence-electron chi connectivity index (χ3n) is 4.66. The quantitative estimate of drug-likeness (QED) is 0.665. The molecule has 1 saturated heterocycles. The normalized spacial score (nSPS) is 22.2. The molecule has 0 aromatic rings. The van der Waals surface area contributed by atoms with Gasteiger partial charge in [0.2, 0.25) is 12.3 Å². The number of hydrogen-bond acceptors (Lipinski definition) is 4. The van der Waals surface area contributed by atoms with Crippen LogP contribution in [0.25, 0.3) is 0 Å². The number of halogens is 3. The standard InChI is InChI=1S/C16H28F3N3O3/c1-9(2)12(20)15(25)21-7-5-6-11(21)22(8-23)13(10(3)4)14(24)16(17,18)19/h8-14,24H,5-7,20H2,1-4H3/t11-,12+,13+,14+/m1/s1. The molecule has 1 heterocycles. The maximum atomic E-state index is 13.0. The number of carbonyl (C=O) groups is 2. The van der Waals surface area contributed by atoms with Gasteiger partial charge in [-0.15, -0.1) is 0 Å². The van der Waals surface area contributed by atoms with Crippen LogP contribution in [-0.4, -0.2) is 64.3 Å². The van der Waals surface area contributed by atoms with Crippen molar-refractivity contribution >= 4 is 12.3 Å². The number of aliphatic hydroxyl groups is 1. The van der Waals surface area contributed by atoms with E-state index in [1.807, 2.05) is 0 Å². The summed E-state index contributed by atoms with van der Waals surface area (Å²) in [6, 6.07) is -2.27. The molecule has 0 aromatic carbocycles. The van der Waals surface area contributed by atoms with Crippen molar-refractivity contribution in [2.45, 2.75) is 71.1 Å². The van der Waals surface area contributed by atoms with E-state index in [-0.39, 0.29) is 12.3 Å². The summed E-state index contributed by atoms with van der Waals surface area (Å²) in [6.07, 6.45) is -7.19. The first-order valence-electron chi connectivity index (χ1n) is 8.47. The van der Waals surface area contributed by atoms with Gasteiger partial charge in [0.15, 0.2) is 6.10 Å². The Morgan fingerprint density at radius 2 is 1.84 bits per heavy atom. The molecular formula is C16H28F3N3O3. The predicted molar refractivity (Wildman–Crippen MR) is 86.1 cm³/mol. The highest BCUT2D eigenvalue weighted by atomic mass is 19.4. The Hall–Kier alpha value is -1.35. The second-order valence-electron chi connectivity index (χ2n) is 7.20. The van der Waals surface area contributed by atoms with Crippen LogP contribution in [0.4, 0.5) is 13.2 Å². The Bertz CT molecular complexity index is 471. The SMILES string of the molecule is CC(C)[C@H](N)C(=O)N1CCC[C@H]1N(C=O)[C@@H](C(C)C)[C@H](O)C(F)(F)F. The molecule has 0 aromatic heterocycles. The molecule has 0 bridgehead atoms. The first-order valence-corrected chi connectivity index (χ1v) is 8.47. The summed E-state index contributed by atoms with van der Waals surface area (Å²) in [4.78, 5) is 26.5. The van der Waals surface area contributed by atoms with E-state index in [1.165, 1.54) is 18.7 Å². The Kier molecular flexibility index (Phi) is 7.25. The third-order valence-corrected chi connectivity index (χ3v) is 4.66. The lowest BCUT2D eigenvalue weighted by molar-refractivity contribution is -0.228. The molecule has 1 aliphatic heterocycles. The van der Waals surface area contributed by atoms with E-state index in [2.05, 4.69) is 0 Å². The average Bonchev–Trinajstić information content (AvgIpc) is 2.97. The van der Waals surface area contributed by atoms with Crippen LogP contribution < -0.4 is 5.73 Å². The number of nitrogens with two attached hydrogens (primary N) is 1. The Morgan fingerprint density at radius 3 is 2.24 bits per heavy atom. The van der Waals surface area contributed by atoms with Gasteiger partial charge in [0.1, 0.15) is 6.17 Å². The van der Waals surface area contributed by atoms with Crippen molar-refractivity contribution in [1.82, 2.24) is 9.80 Å². The van der Waals surface area contributed by atoms with E-state index < -0.39 is 42.4 Å². The van der Waals surface area contributed by atoms with Gasteiger partial charge in [0, 0.05) is 6.54 Å². The lowest BCUT2D eigenvalue weighted by atomic mass is 9.95. The molecule has 146 valence electrons. The molecule has 3 N–H and O–H groups in total. The van der Waals surface area contributed by atoms with Gasteiger partial charge in [-0.05, 0) is 24.7 Å². The summed E-state index contributed by atoms with van der Waals surface area (Å²) < 4.78 is 39.1. The van der Waals surface area contributed by atoms with Crippen LogP contribution in [0.2, 0.25) is 0 Å². The maximum Gasteiger partial charge on any atom is 0.416 e. The predicted octanol–water partition coefficient (Wildman–Crippen LogP) is 1.32. The monoisotopic (exact) mass is 367 g/mol. The Morgan fingerprint density at radius 1 is 1.28 bits per heavy atom. The molecule has 1 aliphatic rings. The van der Waals surface area contributed by atoms with Crippen molar-refractivity contribution in [3.63, 3.8) is 0 Å². The zero-order chi connectivity index (χ0) is 19.5. The molecule has 6 nitrogen and oxygen atoms in total. The Balaban J connectivity index is 3.13. The molecule has 0 unspecified atom stereocenters. The fourth-order valence-corrected chi connectivity index (χ4v) is 3.20. The van der Waals surface area contributed by atoms with Crippen LogP contribution >= 0.6 is 0 Å². The molecular weight excluding hydrogens is 339 g/mol. The van der Waals surface area contributed by atoms with Gasteiger partial charge in [-0.3, -0.25) is 9.59 Å². The van der Waals surface area contributed by atoms with E-state index in [0.29, 0.717) is 19.4 Å². The van der Waals surface area contributed by atoms with Gasteiger partial charge >= 0.3 is 6.18 Å². The number of carbonyl (C=O) groups excluding carboxylic acids is 2. The molecule has 0 saturated carbocycles. The minimum atomic E-state index is -4.86. The molecule has 1 fully saturated rings. The van der Waals surface area contributed by atoms with Crippen LogP contribution in [0.5, 0.6) is 0 Å². The van der Waals surface area contributed by atoms with Crippen LogP contribution in [0.3, 0.4) is 0 Å². The van der Waals surface area contributed by atoms with Crippen LogP contribution in [0.15, 0.2) is 0 Å². The van der Waals surface area contributed by atoms with Gasteiger partial charge < -0.3 is 20.6 Å². The molecule has 1 rings (SSSR count). The van der Waals surface area contributed by atoms with Crippen molar-refractivity contribution in [3.05, 3.63) is 0 Å². The summed E-state index contributed by atoms with van der Waals surface area (Å²) in [5.74, 6) is -1.19. The van der Waals surface area contributed by atoms with E-state index in [4.69, 9.17) is 5.73 Å². The number of amides is 2. The van der Waals surface area contributed by atoms with Crippen LogP contribution in [0, 0.1) is 11.8 Å². The fourth-order valence-electron chi connectivity index (χ4n) is 3.20. The summed E-state index contributed by atoms with van der Waals surface area (Å²) in [7, 11) is 0. The lowest BCUT2D eigenvalue weighted by Gasteiger charge is -2.42. The largest absolute Gasteiger partial charge is 0.416 e. The van der Waals surface area contributed by atoms with E-state index >= 15 is 0 Å². The molecule has 0 radical (unpaired) electrons. The second kappa shape index (κ2) is 8.35. The molecule has 0 spiro atoms. The number of alkyl halides is 3. The van der Waals surface area contributed by atoms with Crippen molar-refractivity contribution < 1.29 is 27.9 Å². The fraction of sp³-hybridized carbons (Fsp3) is 0.875. The van der Waals surface area contributed by atoms with Gasteiger partial charge in [-0.1, -0.05) is 27.7 Å². The summed E-state index contributed by atoms with van der Waals surface area (Å²) in [6.45, 7) is 6.86. The lowest BCUT2D eigenvalue weighted by Crippen LogP contribution is -2.60. The number of hydrogen-bond donors (Lipinski definition) is 2. The zero-order valence-electron chi connectivity index (χ0n) is 15.0. The zero-order valence-corrected chi connectivity index (χ0v) is 15.0. The van der Waals surface area contributed by atoms with Crippen molar-refractivity contribution in [2.75, 3.05) is 6.54 Å². The second-order valence-corrected chi connectivity index (χ2v) is 7.20. The van der Waals surface area contributed by atoms with Gasteiger partial charge in [0.05, 0.1) is 12.1 Å². The molecule has 2 amide bonds. The average molecular weight is 367 g/mol. The first-order chi connectivity index (χ1) is 11.4. The molecule has 9 heteroatoms. The van der Waals surface area contributed by atoms with E-state index in [9.17, 15) is 27.9 Å². The first kappa shape index (κ1) is 21.7. The van der Waals surface area contributed by atoms with Crippen molar-refractivity contribution in [1.29, 1.82) is 0 Å². The highest BCUT2D eigenvalue weighted by Gasteiger charge is 2.49. The number of nitrogens with zero attached hydrogens (tertiary/aromatic N) is 2.